The van der Waals surface area contributed by atoms with Crippen molar-refractivity contribution in [1.29, 1.82) is 0 Å². The molecule has 1 aromatic rings. The molecule has 0 saturated heterocycles. The second kappa shape index (κ2) is 6.30. The van der Waals surface area contributed by atoms with Crippen LogP contribution in [0.2, 0.25) is 0 Å². The Morgan fingerprint density at radius 2 is 2.06 bits per heavy atom. The Hall–Kier alpha value is -1.33. The van der Waals surface area contributed by atoms with E-state index in [9.17, 15) is 4.91 Å². The monoisotopic (exact) mass is 224 g/mol. The highest BCUT2D eigenvalue weighted by atomic mass is 16.7. The van der Waals surface area contributed by atoms with Gasteiger partial charge >= 0.3 is 0 Å². The number of hydrogen-bond donors (Lipinski definition) is 0. The molecular formula is C11H16N2O3. The lowest BCUT2D eigenvalue weighted by molar-refractivity contribution is -0.100. The zero-order valence-electron chi connectivity index (χ0n) is 9.77. The molecule has 5 heteroatoms. The van der Waals surface area contributed by atoms with Gasteiger partial charge in [0.15, 0.2) is 6.29 Å². The molecule has 0 aliphatic carbocycles. The second-order valence-electron chi connectivity index (χ2n) is 3.45. The van der Waals surface area contributed by atoms with E-state index in [4.69, 9.17) is 9.47 Å². The standard InChI is InChI=1S/C11H16N2O3/c1-8-4-5-9(6-11(15-2)16-3)10(13-8)7-12-14/h4-5,11H,6-7H2,1-3H3. The van der Waals surface area contributed by atoms with Gasteiger partial charge in [-0.3, -0.25) is 4.98 Å². The van der Waals surface area contributed by atoms with Crippen LogP contribution < -0.4 is 0 Å². The average molecular weight is 224 g/mol. The largest absolute Gasteiger partial charge is 0.356 e. The van der Waals surface area contributed by atoms with E-state index in [2.05, 4.69) is 10.2 Å². The number of methoxy groups -OCH3 is 2. The lowest BCUT2D eigenvalue weighted by atomic mass is 10.1. The molecule has 0 aliphatic rings. The van der Waals surface area contributed by atoms with Gasteiger partial charge in [-0.15, -0.1) is 0 Å². The van der Waals surface area contributed by atoms with Gasteiger partial charge in [0.25, 0.3) is 0 Å². The molecule has 16 heavy (non-hydrogen) atoms. The fraction of sp³-hybridized carbons (Fsp3) is 0.545. The minimum atomic E-state index is -0.324. The van der Waals surface area contributed by atoms with Crippen molar-refractivity contribution < 1.29 is 9.47 Å². The van der Waals surface area contributed by atoms with Crippen molar-refractivity contribution in [2.45, 2.75) is 26.2 Å². The highest BCUT2D eigenvalue weighted by Crippen LogP contribution is 2.13. The first-order chi connectivity index (χ1) is 7.71. The van der Waals surface area contributed by atoms with Crippen molar-refractivity contribution in [2.24, 2.45) is 5.18 Å². The molecule has 0 radical (unpaired) electrons. The molecule has 1 rings (SSSR count). The van der Waals surface area contributed by atoms with Gasteiger partial charge in [-0.25, -0.2) is 0 Å². The summed E-state index contributed by atoms with van der Waals surface area (Å²) >= 11 is 0. The van der Waals surface area contributed by atoms with E-state index < -0.39 is 0 Å². The molecule has 88 valence electrons. The molecule has 0 N–H and O–H groups in total. The topological polar surface area (TPSA) is 60.8 Å². The Morgan fingerprint density at radius 3 is 2.62 bits per heavy atom. The molecule has 0 fully saturated rings. The van der Waals surface area contributed by atoms with Crippen LogP contribution in [0.3, 0.4) is 0 Å². The SMILES string of the molecule is COC(Cc1ccc(C)nc1CN=O)OC. The summed E-state index contributed by atoms with van der Waals surface area (Å²) in [5, 5.41) is 2.87. The fourth-order valence-corrected chi connectivity index (χ4v) is 1.47. The van der Waals surface area contributed by atoms with E-state index in [0.717, 1.165) is 11.3 Å². The molecule has 0 aliphatic heterocycles. The molecule has 0 atom stereocenters. The van der Waals surface area contributed by atoms with E-state index in [-0.39, 0.29) is 12.8 Å². The third kappa shape index (κ3) is 3.36. The van der Waals surface area contributed by atoms with Gasteiger partial charge in [-0.1, -0.05) is 11.2 Å². The van der Waals surface area contributed by atoms with Gasteiger partial charge in [-0.2, -0.15) is 4.91 Å². The quantitative estimate of drug-likeness (QED) is 0.546. The van der Waals surface area contributed by atoms with Gasteiger partial charge in [0.2, 0.25) is 0 Å². The molecule has 5 nitrogen and oxygen atoms in total. The second-order valence-corrected chi connectivity index (χ2v) is 3.45. The Morgan fingerprint density at radius 1 is 1.38 bits per heavy atom. The summed E-state index contributed by atoms with van der Waals surface area (Å²) in [6.45, 7) is 1.96. The first-order valence-corrected chi connectivity index (χ1v) is 5.01. The molecule has 0 spiro atoms. The van der Waals surface area contributed by atoms with E-state index in [1.165, 1.54) is 0 Å². The highest BCUT2D eigenvalue weighted by Gasteiger charge is 2.11. The number of rotatable bonds is 6. The number of aryl methyl sites for hydroxylation is 1. The van der Waals surface area contributed by atoms with Crippen molar-refractivity contribution >= 4 is 0 Å². The molecular weight excluding hydrogens is 208 g/mol. The van der Waals surface area contributed by atoms with E-state index in [1.807, 2.05) is 19.1 Å². The minimum Gasteiger partial charge on any atom is -0.356 e. The Balaban J connectivity index is 2.88. The number of nitroso groups, excluding NO2 is 1. The van der Waals surface area contributed by atoms with E-state index in [0.29, 0.717) is 12.1 Å². The smallest absolute Gasteiger partial charge is 0.160 e. The number of ether oxygens (including phenoxy) is 2. The van der Waals surface area contributed by atoms with Crippen molar-refractivity contribution in [3.63, 3.8) is 0 Å². The van der Waals surface area contributed by atoms with E-state index >= 15 is 0 Å². The van der Waals surface area contributed by atoms with Crippen LogP contribution >= 0.6 is 0 Å². The minimum absolute atomic E-state index is 0.0805. The number of hydrogen-bond acceptors (Lipinski definition) is 5. The number of aromatic nitrogens is 1. The Kier molecular flexibility index (Phi) is 5.01. The summed E-state index contributed by atoms with van der Waals surface area (Å²) in [6.07, 6.45) is 0.236. The predicted molar refractivity (Wildman–Crippen MR) is 60.0 cm³/mol. The summed E-state index contributed by atoms with van der Waals surface area (Å²) in [4.78, 5) is 14.6. The Labute approximate surface area is 94.8 Å². The lowest BCUT2D eigenvalue weighted by Crippen LogP contribution is -2.17. The summed E-state index contributed by atoms with van der Waals surface area (Å²) in [5.74, 6) is 0. The average Bonchev–Trinajstić information content (AvgIpc) is 2.29. The van der Waals surface area contributed by atoms with E-state index in [1.54, 1.807) is 14.2 Å². The molecule has 0 bridgehead atoms. The van der Waals surface area contributed by atoms with Gasteiger partial charge in [-0.05, 0) is 18.6 Å². The Bertz CT molecular complexity index is 351. The van der Waals surface area contributed by atoms with Gasteiger partial charge in [0.1, 0.15) is 6.54 Å². The van der Waals surface area contributed by atoms with Crippen molar-refractivity contribution in [2.75, 3.05) is 14.2 Å². The third-order valence-corrected chi connectivity index (χ3v) is 2.33. The lowest BCUT2D eigenvalue weighted by Gasteiger charge is -2.14. The number of pyridine rings is 1. The highest BCUT2D eigenvalue weighted by molar-refractivity contribution is 5.23. The number of nitrogens with zero attached hydrogens (tertiary/aromatic N) is 2. The van der Waals surface area contributed by atoms with Crippen LogP contribution in [-0.4, -0.2) is 25.5 Å². The van der Waals surface area contributed by atoms with Gasteiger partial charge < -0.3 is 9.47 Å². The van der Waals surface area contributed by atoms with Crippen molar-refractivity contribution in [3.8, 4) is 0 Å². The molecule has 0 aromatic carbocycles. The van der Waals surface area contributed by atoms with Crippen molar-refractivity contribution in [1.82, 2.24) is 4.98 Å². The normalized spacial score (nSPS) is 10.8. The molecule has 0 unspecified atom stereocenters. The zero-order valence-corrected chi connectivity index (χ0v) is 9.77. The summed E-state index contributed by atoms with van der Waals surface area (Å²) in [6, 6.07) is 3.82. The summed E-state index contributed by atoms with van der Waals surface area (Å²) < 4.78 is 10.2. The van der Waals surface area contributed by atoms with Crippen molar-refractivity contribution in [3.05, 3.63) is 34.0 Å². The molecule has 1 aromatic heterocycles. The molecule has 0 saturated carbocycles. The van der Waals surface area contributed by atoms with Crippen LogP contribution in [-0.2, 0) is 22.4 Å². The van der Waals surface area contributed by atoms with Crippen LogP contribution in [0.5, 0.6) is 0 Å². The summed E-state index contributed by atoms with van der Waals surface area (Å²) in [5.41, 5.74) is 2.49. The first-order valence-electron chi connectivity index (χ1n) is 5.01. The van der Waals surface area contributed by atoms with Crippen LogP contribution in [0.1, 0.15) is 17.0 Å². The van der Waals surface area contributed by atoms with Crippen LogP contribution in [0.15, 0.2) is 17.3 Å². The summed E-state index contributed by atoms with van der Waals surface area (Å²) in [7, 11) is 3.15. The van der Waals surface area contributed by atoms with Crippen LogP contribution in [0.25, 0.3) is 0 Å². The fourth-order valence-electron chi connectivity index (χ4n) is 1.47. The predicted octanol–water partition coefficient (Wildman–Crippen LogP) is 1.82. The maximum atomic E-state index is 10.3. The molecule has 0 amide bonds. The van der Waals surface area contributed by atoms with Gasteiger partial charge in [0.05, 0.1) is 5.69 Å². The van der Waals surface area contributed by atoms with Crippen LogP contribution in [0, 0.1) is 11.8 Å². The zero-order chi connectivity index (χ0) is 12.0. The third-order valence-electron chi connectivity index (χ3n) is 2.33. The first kappa shape index (κ1) is 12.7. The van der Waals surface area contributed by atoms with Gasteiger partial charge in [0, 0.05) is 26.3 Å². The van der Waals surface area contributed by atoms with Crippen LogP contribution in [0.4, 0.5) is 0 Å². The molecule has 1 heterocycles. The maximum Gasteiger partial charge on any atom is 0.160 e. The maximum absolute atomic E-state index is 10.3.